The lowest BCUT2D eigenvalue weighted by molar-refractivity contribution is 1.17. The largest absolute Gasteiger partial charge is 0.310 e. The molecular weight excluding hydrogens is 961 g/mol. The highest BCUT2D eigenvalue weighted by molar-refractivity contribution is 7.17. The van der Waals surface area contributed by atoms with Crippen molar-refractivity contribution in [1.29, 1.82) is 0 Å². The summed E-state index contributed by atoms with van der Waals surface area (Å²) in [4.78, 5) is 4.84. The van der Waals surface area contributed by atoms with E-state index in [0.717, 1.165) is 45.5 Å². The predicted molar refractivity (Wildman–Crippen MR) is 328 cm³/mol. The standard InChI is InChI=1S/C70H44N4S2/c1-3-17-49(18-4-1)71(63-39-45-15-7-9-21-55(45)57-23-11-13-25-59(57)63)51-27-31-53(32-28-51)73-65-41-47-35-37-75-67(47)43-61(65)70-69(73)62-44-68-48(36-38-76-68)42-66(62)74(70)54-33-29-52(30-34-54)72(50-19-5-2-6-20-50)64-40-46-16-8-10-22-56(46)58-24-12-14-26-60(58)64/h1-44H. The van der Waals surface area contributed by atoms with E-state index >= 15 is 0 Å². The van der Waals surface area contributed by atoms with Gasteiger partial charge >= 0.3 is 0 Å². The Morgan fingerprint density at radius 3 is 1.04 bits per heavy atom. The van der Waals surface area contributed by atoms with Crippen LogP contribution in [0.15, 0.2) is 266 Å². The van der Waals surface area contributed by atoms with E-state index < -0.39 is 0 Å². The van der Waals surface area contributed by atoms with Crippen molar-refractivity contribution in [3.8, 4) is 11.4 Å². The lowest BCUT2D eigenvalue weighted by Gasteiger charge is -2.27. The van der Waals surface area contributed by atoms with E-state index in [2.05, 4.69) is 284 Å². The summed E-state index contributed by atoms with van der Waals surface area (Å²) in [5, 5.41) is 19.2. The summed E-state index contributed by atoms with van der Waals surface area (Å²) in [5.74, 6) is 0. The number of fused-ring (bicyclic) bond motifs is 13. The smallest absolute Gasteiger partial charge is 0.0804 e. The molecule has 0 aliphatic rings. The number of hydrogen-bond acceptors (Lipinski definition) is 4. The van der Waals surface area contributed by atoms with E-state index in [1.54, 1.807) is 22.7 Å². The second kappa shape index (κ2) is 17.0. The number of benzene rings is 12. The molecule has 6 heteroatoms. The van der Waals surface area contributed by atoms with Gasteiger partial charge in [-0.2, -0.15) is 0 Å². The summed E-state index contributed by atoms with van der Waals surface area (Å²) in [5.41, 5.74) is 13.7. The maximum absolute atomic E-state index is 2.53. The molecule has 0 aliphatic heterocycles. The van der Waals surface area contributed by atoms with Gasteiger partial charge in [0.15, 0.2) is 0 Å². The molecular formula is C70H44N4S2. The molecule has 0 amide bonds. The fourth-order valence-electron chi connectivity index (χ4n) is 12.2. The molecule has 4 aromatic heterocycles. The summed E-state index contributed by atoms with van der Waals surface area (Å²) < 4.78 is 7.60. The summed E-state index contributed by atoms with van der Waals surface area (Å²) >= 11 is 3.61. The zero-order valence-electron chi connectivity index (χ0n) is 41.0. The van der Waals surface area contributed by atoms with Crippen LogP contribution in [0, 0.1) is 0 Å². The predicted octanol–water partition coefficient (Wildman–Crippen LogP) is 20.7. The van der Waals surface area contributed by atoms with Crippen LogP contribution in [0.5, 0.6) is 0 Å². The van der Waals surface area contributed by atoms with Gasteiger partial charge in [-0.05, 0) is 175 Å². The number of thiophene rings is 2. The van der Waals surface area contributed by atoms with Crippen LogP contribution in [0.4, 0.5) is 34.1 Å². The number of para-hydroxylation sites is 2. The van der Waals surface area contributed by atoms with Gasteiger partial charge in [-0.3, -0.25) is 0 Å². The van der Waals surface area contributed by atoms with Crippen LogP contribution < -0.4 is 9.80 Å². The molecule has 76 heavy (non-hydrogen) atoms. The van der Waals surface area contributed by atoms with Gasteiger partial charge in [-0.1, -0.05) is 133 Å². The molecule has 356 valence electrons. The van der Waals surface area contributed by atoms with Crippen LogP contribution in [-0.2, 0) is 0 Å². The van der Waals surface area contributed by atoms with Crippen LogP contribution in [0.1, 0.15) is 0 Å². The van der Waals surface area contributed by atoms with E-state index in [9.17, 15) is 0 Å². The molecule has 0 saturated heterocycles. The van der Waals surface area contributed by atoms with Crippen molar-refractivity contribution in [2.24, 2.45) is 0 Å². The second-order valence-corrected chi connectivity index (χ2v) is 21.6. The SMILES string of the molecule is c1ccc(N(c2ccc(-n3c4cc5ccsc5cc4c4c3c3cc5sccc5cc3n4-c3ccc(N(c4ccccc4)c4cc5ccccc5c5ccccc45)cc3)cc2)c2cc3ccccc3c3ccccc23)cc1. The molecule has 0 spiro atoms. The Morgan fingerprint density at radius 1 is 0.263 bits per heavy atom. The molecule has 16 rings (SSSR count). The topological polar surface area (TPSA) is 16.3 Å². The van der Waals surface area contributed by atoms with Gasteiger partial charge < -0.3 is 18.9 Å². The second-order valence-electron chi connectivity index (χ2n) is 19.7. The Labute approximate surface area is 446 Å². The van der Waals surface area contributed by atoms with E-state index in [4.69, 9.17) is 0 Å². The molecule has 0 saturated carbocycles. The van der Waals surface area contributed by atoms with E-state index in [0.29, 0.717) is 0 Å². The van der Waals surface area contributed by atoms with Gasteiger partial charge in [0.2, 0.25) is 0 Å². The first kappa shape index (κ1) is 43.0. The first-order valence-electron chi connectivity index (χ1n) is 25.8. The molecule has 0 aliphatic carbocycles. The lowest BCUT2D eigenvalue weighted by atomic mass is 9.99. The van der Waals surface area contributed by atoms with Crippen LogP contribution in [0.25, 0.3) is 107 Å². The van der Waals surface area contributed by atoms with Crippen LogP contribution in [0.2, 0.25) is 0 Å². The van der Waals surface area contributed by atoms with Crippen molar-refractivity contribution in [2.75, 3.05) is 9.80 Å². The monoisotopic (exact) mass is 1000 g/mol. The quantitative estimate of drug-likeness (QED) is 0.141. The highest BCUT2D eigenvalue weighted by Gasteiger charge is 2.26. The first-order chi connectivity index (χ1) is 37.7. The minimum atomic E-state index is 1.09. The maximum atomic E-state index is 2.53. The minimum Gasteiger partial charge on any atom is -0.310 e. The van der Waals surface area contributed by atoms with Gasteiger partial charge in [0.25, 0.3) is 0 Å². The Hall–Kier alpha value is -9.46. The number of anilines is 6. The Morgan fingerprint density at radius 2 is 0.618 bits per heavy atom. The van der Waals surface area contributed by atoms with Crippen molar-refractivity contribution in [3.63, 3.8) is 0 Å². The number of hydrogen-bond donors (Lipinski definition) is 0. The average Bonchev–Trinajstić information content (AvgIpc) is 4.48. The van der Waals surface area contributed by atoms with Crippen LogP contribution in [-0.4, -0.2) is 9.13 Å². The fourth-order valence-corrected chi connectivity index (χ4v) is 13.8. The Kier molecular flexibility index (Phi) is 9.64. The zero-order chi connectivity index (χ0) is 49.8. The normalized spacial score (nSPS) is 11.9. The molecule has 0 radical (unpaired) electrons. The average molecular weight is 1010 g/mol. The van der Waals surface area contributed by atoms with E-state index in [1.807, 2.05) is 0 Å². The summed E-state index contributed by atoms with van der Waals surface area (Å²) in [6, 6.07) is 94.1. The van der Waals surface area contributed by atoms with Crippen LogP contribution in [0.3, 0.4) is 0 Å². The van der Waals surface area contributed by atoms with Crippen molar-refractivity contribution in [2.45, 2.75) is 0 Å². The highest BCUT2D eigenvalue weighted by Crippen LogP contribution is 2.48. The third-order valence-corrected chi connectivity index (χ3v) is 17.3. The Bertz CT molecular complexity index is 4620. The molecule has 0 bridgehead atoms. The molecule has 0 fully saturated rings. The summed E-state index contributed by atoms with van der Waals surface area (Å²) in [6.45, 7) is 0. The lowest BCUT2D eigenvalue weighted by Crippen LogP contribution is -2.10. The number of nitrogens with zero attached hydrogens (tertiary/aromatic N) is 4. The van der Waals surface area contributed by atoms with Gasteiger partial charge in [0.1, 0.15) is 0 Å². The molecule has 4 nitrogen and oxygen atoms in total. The molecule has 16 aromatic rings. The van der Waals surface area contributed by atoms with Gasteiger partial charge in [0.05, 0.1) is 33.4 Å². The Balaban J connectivity index is 0.908. The summed E-state index contributed by atoms with van der Waals surface area (Å²) in [7, 11) is 0. The van der Waals surface area contributed by atoms with Gasteiger partial charge in [-0.15, -0.1) is 22.7 Å². The van der Waals surface area contributed by atoms with Crippen molar-refractivity contribution in [3.05, 3.63) is 266 Å². The molecule has 0 atom stereocenters. The van der Waals surface area contributed by atoms with Crippen molar-refractivity contribution < 1.29 is 0 Å². The van der Waals surface area contributed by atoms with Gasteiger partial charge in [-0.25, -0.2) is 0 Å². The number of rotatable bonds is 8. The van der Waals surface area contributed by atoms with Crippen molar-refractivity contribution >= 4 is 153 Å². The number of aromatic nitrogens is 2. The first-order valence-corrected chi connectivity index (χ1v) is 27.6. The zero-order valence-corrected chi connectivity index (χ0v) is 42.6. The highest BCUT2D eigenvalue weighted by atomic mass is 32.1. The third-order valence-electron chi connectivity index (χ3n) is 15.5. The molecule has 0 unspecified atom stereocenters. The summed E-state index contributed by atoms with van der Waals surface area (Å²) in [6.07, 6.45) is 0. The molecule has 12 aromatic carbocycles. The van der Waals surface area contributed by atoms with Crippen LogP contribution >= 0.6 is 22.7 Å². The third kappa shape index (κ3) is 6.61. The van der Waals surface area contributed by atoms with E-state index in [-0.39, 0.29) is 0 Å². The minimum absolute atomic E-state index is 1.09. The van der Waals surface area contributed by atoms with E-state index in [1.165, 1.54) is 96.1 Å². The molecule has 0 N–H and O–H groups in total. The van der Waals surface area contributed by atoms with Gasteiger partial charge in [0, 0.05) is 65.1 Å². The molecule has 4 heterocycles. The maximum Gasteiger partial charge on any atom is 0.0804 e. The van der Waals surface area contributed by atoms with Crippen molar-refractivity contribution in [1.82, 2.24) is 9.13 Å². The fraction of sp³-hybridized carbons (Fsp3) is 0.